The van der Waals surface area contributed by atoms with Crippen LogP contribution in [0.3, 0.4) is 0 Å². The van der Waals surface area contributed by atoms with Crippen molar-refractivity contribution in [2.24, 2.45) is 0 Å². The topological polar surface area (TPSA) is 69.4 Å². The quantitative estimate of drug-likeness (QED) is 0.159. The van der Waals surface area contributed by atoms with Gasteiger partial charge < -0.3 is 4.57 Å². The smallest absolute Gasteiger partial charge is 0.164 e. The number of para-hydroxylation sites is 2. The lowest BCUT2D eigenvalue weighted by Gasteiger charge is -2.10. The maximum Gasteiger partial charge on any atom is 0.164 e. The second kappa shape index (κ2) is 13.5. The SMILES string of the molecule is c1ccc(-c2nc(-c3ccc(-c4ccc5c(c4)c4ccccc4n5-c4ccccc4)cc3)nc(-c3ccc(-c4ccc5ccc6cccnc6c5n4)cc3)n2)cc1. The molecule has 0 atom stereocenters. The number of rotatable bonds is 6. The Kier molecular flexibility index (Phi) is 7.71. The van der Waals surface area contributed by atoms with Crippen molar-refractivity contribution in [3.63, 3.8) is 0 Å². The summed E-state index contributed by atoms with van der Waals surface area (Å²) in [6.45, 7) is 0. The van der Waals surface area contributed by atoms with Crippen LogP contribution in [0.1, 0.15) is 0 Å². The van der Waals surface area contributed by atoms with Crippen LogP contribution >= 0.6 is 0 Å². The first kappa shape index (κ1) is 32.6. The molecule has 0 aliphatic heterocycles. The van der Waals surface area contributed by atoms with Gasteiger partial charge in [0.25, 0.3) is 0 Å². The zero-order valence-corrected chi connectivity index (χ0v) is 30.7. The molecule has 0 saturated heterocycles. The van der Waals surface area contributed by atoms with Crippen LogP contribution in [0.4, 0.5) is 0 Å². The molecule has 0 fully saturated rings. The van der Waals surface area contributed by atoms with Crippen LogP contribution in [0.2, 0.25) is 0 Å². The predicted molar refractivity (Wildman–Crippen MR) is 232 cm³/mol. The standard InChI is InChI=1S/C51H32N6/c1-3-10-37(11-4-1)49-54-50(56-51(55-49)39-25-19-34(20-26-39)44-29-27-36-22-21-35-12-9-31-52-47(35)48(36)53-44)38-23-17-33(18-24-38)40-28-30-46-43(32-40)42-15-7-8-16-45(42)57(46)41-13-5-2-6-14-41/h1-32H. The van der Waals surface area contributed by atoms with Crippen LogP contribution in [-0.2, 0) is 0 Å². The molecule has 0 aliphatic rings. The summed E-state index contributed by atoms with van der Waals surface area (Å²) in [5.74, 6) is 1.85. The van der Waals surface area contributed by atoms with Crippen LogP contribution in [-0.4, -0.2) is 29.5 Å². The molecule has 0 aliphatic carbocycles. The molecule has 57 heavy (non-hydrogen) atoms. The Morgan fingerprint density at radius 1 is 0.333 bits per heavy atom. The minimum Gasteiger partial charge on any atom is -0.309 e. The van der Waals surface area contributed by atoms with E-state index >= 15 is 0 Å². The largest absolute Gasteiger partial charge is 0.309 e. The van der Waals surface area contributed by atoms with E-state index in [1.807, 2.05) is 42.6 Å². The molecule has 6 nitrogen and oxygen atoms in total. The molecule has 11 aromatic rings. The van der Waals surface area contributed by atoms with Crippen molar-refractivity contribution in [2.45, 2.75) is 0 Å². The van der Waals surface area contributed by atoms with Gasteiger partial charge in [-0.1, -0.05) is 146 Å². The van der Waals surface area contributed by atoms with E-state index in [0.717, 1.165) is 66.6 Å². The minimum atomic E-state index is 0.608. The van der Waals surface area contributed by atoms with E-state index in [-0.39, 0.29) is 0 Å². The molecular formula is C51H32N6. The van der Waals surface area contributed by atoms with Crippen molar-refractivity contribution < 1.29 is 0 Å². The third-order valence-electron chi connectivity index (χ3n) is 10.7. The lowest BCUT2D eigenvalue weighted by Crippen LogP contribution is -2.00. The molecule has 0 unspecified atom stereocenters. The maximum absolute atomic E-state index is 5.05. The highest BCUT2D eigenvalue weighted by atomic mass is 15.0. The molecule has 7 aromatic carbocycles. The number of nitrogens with zero attached hydrogens (tertiary/aromatic N) is 6. The van der Waals surface area contributed by atoms with E-state index in [9.17, 15) is 0 Å². The zero-order chi connectivity index (χ0) is 37.7. The fourth-order valence-electron chi connectivity index (χ4n) is 7.84. The van der Waals surface area contributed by atoms with Gasteiger partial charge in [-0.2, -0.15) is 0 Å². The summed E-state index contributed by atoms with van der Waals surface area (Å²) in [5.41, 5.74) is 12.2. The maximum atomic E-state index is 5.05. The molecule has 0 amide bonds. The first-order valence-electron chi connectivity index (χ1n) is 19.0. The fourth-order valence-corrected chi connectivity index (χ4v) is 7.84. The molecule has 0 saturated carbocycles. The van der Waals surface area contributed by atoms with Crippen molar-refractivity contribution >= 4 is 43.6 Å². The van der Waals surface area contributed by atoms with E-state index < -0.39 is 0 Å². The molecule has 4 heterocycles. The summed E-state index contributed by atoms with van der Waals surface area (Å²) in [6.07, 6.45) is 1.82. The normalized spacial score (nSPS) is 11.5. The van der Waals surface area contributed by atoms with Crippen LogP contribution in [0.15, 0.2) is 194 Å². The van der Waals surface area contributed by atoms with E-state index in [1.54, 1.807) is 0 Å². The molecule has 0 radical (unpaired) electrons. The van der Waals surface area contributed by atoms with Crippen molar-refractivity contribution in [3.05, 3.63) is 194 Å². The fraction of sp³-hybridized carbons (Fsp3) is 0. The van der Waals surface area contributed by atoms with Gasteiger partial charge in [-0.3, -0.25) is 4.98 Å². The highest BCUT2D eigenvalue weighted by molar-refractivity contribution is 6.10. The first-order valence-corrected chi connectivity index (χ1v) is 19.0. The van der Waals surface area contributed by atoms with Gasteiger partial charge in [-0.15, -0.1) is 0 Å². The van der Waals surface area contributed by atoms with Gasteiger partial charge >= 0.3 is 0 Å². The summed E-state index contributed by atoms with van der Waals surface area (Å²) in [5, 5.41) is 4.59. The summed E-state index contributed by atoms with van der Waals surface area (Å²) in [4.78, 5) is 24.7. The number of hydrogen-bond donors (Lipinski definition) is 0. The van der Waals surface area contributed by atoms with Crippen molar-refractivity contribution in [2.75, 3.05) is 0 Å². The average molecular weight is 729 g/mol. The van der Waals surface area contributed by atoms with Gasteiger partial charge in [0.2, 0.25) is 0 Å². The number of pyridine rings is 2. The Morgan fingerprint density at radius 3 is 1.60 bits per heavy atom. The minimum absolute atomic E-state index is 0.608. The Balaban J connectivity index is 0.951. The predicted octanol–water partition coefficient (Wildman–Crippen LogP) is 12.4. The summed E-state index contributed by atoms with van der Waals surface area (Å²) < 4.78 is 2.34. The van der Waals surface area contributed by atoms with Crippen molar-refractivity contribution in [3.8, 4) is 62.2 Å². The molecule has 0 N–H and O–H groups in total. The number of hydrogen-bond acceptors (Lipinski definition) is 5. The lowest BCUT2D eigenvalue weighted by molar-refractivity contribution is 1.07. The Labute approximate surface area is 328 Å². The summed E-state index contributed by atoms with van der Waals surface area (Å²) in [6, 6.07) is 65.2. The Morgan fingerprint density at radius 2 is 0.877 bits per heavy atom. The Hall–Kier alpha value is -7.83. The molecule has 6 heteroatoms. The van der Waals surface area contributed by atoms with Crippen LogP contribution in [0.25, 0.3) is 106 Å². The van der Waals surface area contributed by atoms with E-state index in [2.05, 4.69) is 161 Å². The third-order valence-corrected chi connectivity index (χ3v) is 10.7. The molecular weight excluding hydrogens is 697 g/mol. The highest BCUT2D eigenvalue weighted by Gasteiger charge is 2.16. The van der Waals surface area contributed by atoms with Gasteiger partial charge in [0.05, 0.1) is 27.8 Å². The number of fused-ring (bicyclic) bond motifs is 6. The van der Waals surface area contributed by atoms with E-state index in [4.69, 9.17) is 19.9 Å². The van der Waals surface area contributed by atoms with Crippen molar-refractivity contribution in [1.82, 2.24) is 29.5 Å². The number of benzene rings is 7. The number of aromatic nitrogens is 6. The van der Waals surface area contributed by atoms with Crippen molar-refractivity contribution in [1.29, 1.82) is 0 Å². The summed E-state index contributed by atoms with van der Waals surface area (Å²) in [7, 11) is 0. The monoisotopic (exact) mass is 728 g/mol. The molecule has 266 valence electrons. The van der Waals surface area contributed by atoms with Gasteiger partial charge in [-0.05, 0) is 53.6 Å². The molecule has 0 bridgehead atoms. The second-order valence-electron chi connectivity index (χ2n) is 14.2. The zero-order valence-electron chi connectivity index (χ0n) is 30.7. The Bertz CT molecular complexity index is 3270. The van der Waals surface area contributed by atoms with Crippen LogP contribution < -0.4 is 0 Å². The van der Waals surface area contributed by atoms with E-state index in [0.29, 0.717) is 17.5 Å². The van der Waals surface area contributed by atoms with Crippen LogP contribution in [0.5, 0.6) is 0 Å². The van der Waals surface area contributed by atoms with Crippen LogP contribution in [0, 0.1) is 0 Å². The third kappa shape index (κ3) is 5.79. The van der Waals surface area contributed by atoms with Gasteiger partial charge in [-0.25, -0.2) is 19.9 Å². The van der Waals surface area contributed by atoms with E-state index in [1.165, 1.54) is 21.8 Å². The second-order valence-corrected chi connectivity index (χ2v) is 14.2. The molecule has 11 rings (SSSR count). The van der Waals surface area contributed by atoms with Gasteiger partial charge in [0.1, 0.15) is 0 Å². The molecule has 0 spiro atoms. The van der Waals surface area contributed by atoms with Gasteiger partial charge in [0, 0.05) is 55.7 Å². The lowest BCUT2D eigenvalue weighted by atomic mass is 10.0. The molecule has 4 aromatic heterocycles. The van der Waals surface area contributed by atoms with Gasteiger partial charge in [0.15, 0.2) is 17.5 Å². The highest BCUT2D eigenvalue weighted by Crippen LogP contribution is 2.36. The summed E-state index contributed by atoms with van der Waals surface area (Å²) >= 11 is 0. The average Bonchev–Trinajstić information content (AvgIpc) is 3.63. The first-order chi connectivity index (χ1) is 28.2.